The third kappa shape index (κ3) is 5.33. The van der Waals surface area contributed by atoms with Crippen LogP contribution in [0.15, 0.2) is 61.1 Å². The molecule has 1 heterocycles. The summed E-state index contributed by atoms with van der Waals surface area (Å²) in [4.78, 5) is 39.6. The van der Waals surface area contributed by atoms with E-state index in [4.69, 9.17) is 16.3 Å². The van der Waals surface area contributed by atoms with Crippen molar-refractivity contribution in [2.45, 2.75) is 24.9 Å². The van der Waals surface area contributed by atoms with Gasteiger partial charge in [-0.05, 0) is 22.3 Å². The number of fused-ring (bicyclic) bond motifs is 3. The Balaban J connectivity index is 1.26. The number of carbonyl (C=O) groups excluding carboxylic acids is 2. The van der Waals surface area contributed by atoms with Crippen LogP contribution >= 0.6 is 0 Å². The van der Waals surface area contributed by atoms with Crippen LogP contribution in [0.25, 0.3) is 11.1 Å². The van der Waals surface area contributed by atoms with Crippen molar-refractivity contribution in [3.05, 3.63) is 77.9 Å². The number of terminal acetylenes is 1. The Labute approximate surface area is 202 Å². The predicted octanol–water partition coefficient (Wildman–Crippen LogP) is 2.63. The zero-order valence-electron chi connectivity index (χ0n) is 18.8. The Morgan fingerprint density at radius 3 is 2.40 bits per heavy atom. The number of aliphatic carboxylic acids is 1. The summed E-state index contributed by atoms with van der Waals surface area (Å²) in [5.41, 5.74) is 4.64. The second-order valence-electron chi connectivity index (χ2n) is 8.02. The van der Waals surface area contributed by atoms with Crippen LogP contribution in [0.1, 0.15) is 34.0 Å². The summed E-state index contributed by atoms with van der Waals surface area (Å²) < 4.78 is 7.11. The highest BCUT2D eigenvalue weighted by molar-refractivity contribution is 5.94. The van der Waals surface area contributed by atoms with E-state index in [0.29, 0.717) is 6.54 Å². The number of benzene rings is 2. The van der Waals surface area contributed by atoms with Gasteiger partial charge >= 0.3 is 12.1 Å². The fourth-order valence-corrected chi connectivity index (χ4v) is 4.09. The van der Waals surface area contributed by atoms with Gasteiger partial charge in [-0.25, -0.2) is 14.6 Å². The lowest BCUT2D eigenvalue weighted by Gasteiger charge is -2.14. The molecular formula is C26H24N4O5. The third-order valence-corrected chi connectivity index (χ3v) is 5.77. The highest BCUT2D eigenvalue weighted by Gasteiger charge is 2.29. The molecule has 9 nitrogen and oxygen atoms in total. The summed E-state index contributed by atoms with van der Waals surface area (Å²) in [6, 6.07) is 15.0. The molecule has 0 spiro atoms. The highest BCUT2D eigenvalue weighted by Crippen LogP contribution is 2.44. The van der Waals surface area contributed by atoms with Gasteiger partial charge in [-0.2, -0.15) is 0 Å². The average molecular weight is 473 g/mol. The van der Waals surface area contributed by atoms with Crippen molar-refractivity contribution in [1.29, 1.82) is 0 Å². The molecule has 9 heteroatoms. The van der Waals surface area contributed by atoms with Crippen LogP contribution in [0, 0.1) is 12.3 Å². The Morgan fingerprint density at radius 1 is 1.11 bits per heavy atom. The topological polar surface area (TPSA) is 123 Å². The summed E-state index contributed by atoms with van der Waals surface area (Å²) >= 11 is 0. The molecule has 0 radical (unpaired) electrons. The van der Waals surface area contributed by atoms with E-state index in [-0.39, 0.29) is 31.2 Å². The van der Waals surface area contributed by atoms with Gasteiger partial charge in [0, 0.05) is 31.6 Å². The number of carboxylic acids is 1. The minimum Gasteiger partial charge on any atom is -0.480 e. The molecule has 2 aromatic carbocycles. The first-order valence-electron chi connectivity index (χ1n) is 11.1. The number of rotatable bonds is 9. The zero-order valence-corrected chi connectivity index (χ0v) is 18.8. The van der Waals surface area contributed by atoms with E-state index in [1.54, 1.807) is 4.57 Å². The van der Waals surface area contributed by atoms with Crippen LogP contribution in [-0.2, 0) is 16.1 Å². The van der Waals surface area contributed by atoms with Crippen LogP contribution in [0.3, 0.4) is 0 Å². The molecule has 1 aliphatic rings. The maximum atomic E-state index is 12.3. The summed E-state index contributed by atoms with van der Waals surface area (Å²) in [6.07, 6.45) is 7.35. The number of aromatic nitrogens is 2. The standard InChI is InChI=1S/C26H24N4O5/c1-2-7-22(25(32)33)29-24(31)23-14-30(16-28-23)13-12-27-26(34)35-15-21-19-10-5-3-8-17(19)18-9-4-6-11-20(18)21/h1,3-6,8-11,14,16,21-22H,7,12-13,15H2,(H,27,34)(H,29,31)(H,32,33). The van der Waals surface area contributed by atoms with E-state index in [9.17, 15) is 14.4 Å². The molecule has 0 saturated carbocycles. The smallest absolute Gasteiger partial charge is 0.407 e. The van der Waals surface area contributed by atoms with Gasteiger partial charge in [-0.15, -0.1) is 12.3 Å². The van der Waals surface area contributed by atoms with Gasteiger partial charge in [0.1, 0.15) is 18.3 Å². The number of amides is 2. The Hall–Kier alpha value is -4.58. The van der Waals surface area contributed by atoms with Crippen LogP contribution < -0.4 is 10.6 Å². The molecule has 0 bridgehead atoms. The molecule has 2 amide bonds. The number of nitrogens with one attached hydrogen (secondary N) is 2. The molecule has 3 N–H and O–H groups in total. The molecule has 1 aliphatic carbocycles. The lowest BCUT2D eigenvalue weighted by atomic mass is 9.98. The number of hydrogen-bond acceptors (Lipinski definition) is 5. The summed E-state index contributed by atoms with van der Waals surface area (Å²) in [6.45, 7) is 0.817. The second-order valence-corrected chi connectivity index (χ2v) is 8.02. The lowest BCUT2D eigenvalue weighted by Crippen LogP contribution is -2.40. The number of carbonyl (C=O) groups is 3. The van der Waals surface area contributed by atoms with Crippen LogP contribution in [0.2, 0.25) is 0 Å². The first-order chi connectivity index (χ1) is 17.0. The van der Waals surface area contributed by atoms with Crippen molar-refractivity contribution >= 4 is 18.0 Å². The SMILES string of the molecule is C#CCC(NC(=O)c1cn(CCNC(=O)OCC2c3ccccc3-c3ccccc32)cn1)C(=O)O. The molecule has 1 unspecified atom stereocenters. The quantitative estimate of drug-likeness (QED) is 0.412. The van der Waals surface area contributed by atoms with Gasteiger partial charge in [0.2, 0.25) is 0 Å². The molecule has 35 heavy (non-hydrogen) atoms. The fourth-order valence-electron chi connectivity index (χ4n) is 4.09. The van der Waals surface area contributed by atoms with E-state index in [1.165, 1.54) is 12.5 Å². The van der Waals surface area contributed by atoms with Crippen LogP contribution in [0.5, 0.6) is 0 Å². The molecule has 1 atom stereocenters. The van der Waals surface area contributed by atoms with Gasteiger partial charge in [-0.3, -0.25) is 4.79 Å². The fraction of sp³-hybridized carbons (Fsp3) is 0.231. The van der Waals surface area contributed by atoms with Gasteiger partial charge in [0.05, 0.1) is 6.33 Å². The van der Waals surface area contributed by atoms with Crippen molar-refractivity contribution in [3.8, 4) is 23.5 Å². The molecule has 4 rings (SSSR count). The normalized spacial score (nSPS) is 12.7. The number of hydrogen-bond donors (Lipinski definition) is 3. The third-order valence-electron chi connectivity index (χ3n) is 5.77. The number of ether oxygens (including phenoxy) is 1. The minimum absolute atomic E-state index is 0.0213. The van der Waals surface area contributed by atoms with E-state index in [0.717, 1.165) is 22.3 Å². The van der Waals surface area contributed by atoms with Crippen molar-refractivity contribution in [2.24, 2.45) is 0 Å². The number of nitrogens with zero attached hydrogens (tertiary/aromatic N) is 2. The Bertz CT molecular complexity index is 1250. The molecule has 0 saturated heterocycles. The summed E-state index contributed by atoms with van der Waals surface area (Å²) in [5.74, 6) is 0.331. The minimum atomic E-state index is -1.22. The summed E-state index contributed by atoms with van der Waals surface area (Å²) in [5, 5.41) is 14.1. The molecule has 0 aliphatic heterocycles. The summed E-state index contributed by atoms with van der Waals surface area (Å²) in [7, 11) is 0. The van der Waals surface area contributed by atoms with Crippen molar-refractivity contribution < 1.29 is 24.2 Å². The van der Waals surface area contributed by atoms with Gasteiger partial charge in [0.25, 0.3) is 5.91 Å². The second kappa shape index (κ2) is 10.6. The Kier molecular flexibility index (Phi) is 7.12. The molecule has 0 fully saturated rings. The van der Waals surface area contributed by atoms with Gasteiger partial charge < -0.3 is 25.0 Å². The maximum absolute atomic E-state index is 12.3. The van der Waals surface area contributed by atoms with Crippen molar-refractivity contribution in [1.82, 2.24) is 20.2 Å². The van der Waals surface area contributed by atoms with E-state index < -0.39 is 24.0 Å². The molecule has 3 aromatic rings. The largest absolute Gasteiger partial charge is 0.480 e. The van der Waals surface area contributed by atoms with Gasteiger partial charge in [0.15, 0.2) is 0 Å². The van der Waals surface area contributed by atoms with Gasteiger partial charge in [-0.1, -0.05) is 48.5 Å². The molecule has 178 valence electrons. The van der Waals surface area contributed by atoms with Crippen LogP contribution in [0.4, 0.5) is 4.79 Å². The number of imidazole rings is 1. The molecule has 1 aromatic heterocycles. The zero-order chi connectivity index (χ0) is 24.8. The maximum Gasteiger partial charge on any atom is 0.407 e. The highest BCUT2D eigenvalue weighted by atomic mass is 16.5. The van der Waals surface area contributed by atoms with Crippen molar-refractivity contribution in [2.75, 3.05) is 13.2 Å². The Morgan fingerprint density at radius 2 is 1.77 bits per heavy atom. The number of carboxylic acid groups (broad SMARTS) is 1. The van der Waals surface area contributed by atoms with E-state index in [1.807, 2.05) is 24.3 Å². The monoisotopic (exact) mass is 472 g/mol. The number of alkyl carbamates (subject to hydrolysis) is 1. The average Bonchev–Trinajstić information content (AvgIpc) is 3.45. The van der Waals surface area contributed by atoms with Crippen molar-refractivity contribution in [3.63, 3.8) is 0 Å². The van der Waals surface area contributed by atoms with E-state index in [2.05, 4.69) is 45.8 Å². The predicted molar refractivity (Wildman–Crippen MR) is 128 cm³/mol. The first-order valence-corrected chi connectivity index (χ1v) is 11.1. The molecular weight excluding hydrogens is 448 g/mol. The van der Waals surface area contributed by atoms with Crippen LogP contribution in [-0.4, -0.2) is 51.8 Å². The van der Waals surface area contributed by atoms with E-state index >= 15 is 0 Å². The lowest BCUT2D eigenvalue weighted by molar-refractivity contribution is -0.139. The first kappa shape index (κ1) is 23.6.